The van der Waals surface area contributed by atoms with E-state index >= 15 is 4.39 Å². The second-order valence-corrected chi connectivity index (χ2v) is 9.22. The number of H-pyrrole nitrogens is 2. The highest BCUT2D eigenvalue weighted by Crippen LogP contribution is 2.33. The summed E-state index contributed by atoms with van der Waals surface area (Å²) in [7, 11) is 2.14. The minimum Gasteiger partial charge on any atom is -0.367 e. The topological polar surface area (TPSA) is 102 Å². The van der Waals surface area contributed by atoms with Crippen molar-refractivity contribution in [3.05, 3.63) is 54.2 Å². The van der Waals surface area contributed by atoms with Crippen molar-refractivity contribution in [3.8, 4) is 22.6 Å². The van der Waals surface area contributed by atoms with Crippen LogP contribution in [0.15, 0.2) is 42.9 Å². The second-order valence-electron chi connectivity index (χ2n) is 9.22. The maximum atomic E-state index is 15.1. The number of aromatic amines is 2. The third-order valence-electron chi connectivity index (χ3n) is 6.77. The Morgan fingerprint density at radius 2 is 1.97 bits per heavy atom. The molecule has 0 amide bonds. The Morgan fingerprint density at radius 1 is 1.11 bits per heavy atom. The van der Waals surface area contributed by atoms with Gasteiger partial charge in [0.05, 0.1) is 11.2 Å². The summed E-state index contributed by atoms with van der Waals surface area (Å²) in [5, 5.41) is 11.5. The summed E-state index contributed by atoms with van der Waals surface area (Å²) in [6.07, 6.45) is 5.28. The quantitative estimate of drug-likeness (QED) is 0.338. The van der Waals surface area contributed by atoms with Crippen molar-refractivity contribution >= 4 is 27.8 Å². The number of aromatic nitrogens is 6. The third-order valence-corrected chi connectivity index (χ3v) is 6.77. The predicted molar refractivity (Wildman–Crippen MR) is 139 cm³/mol. The van der Waals surface area contributed by atoms with E-state index in [1.165, 1.54) is 6.07 Å². The average molecular weight is 486 g/mol. The van der Waals surface area contributed by atoms with Gasteiger partial charge in [-0.15, -0.1) is 0 Å². The Hall–Kier alpha value is -3.89. The summed E-state index contributed by atoms with van der Waals surface area (Å²) in [5.41, 5.74) is 6.05. The number of fused-ring (bicyclic) bond motifs is 2. The Balaban J connectivity index is 1.41. The number of rotatable bonds is 6. The van der Waals surface area contributed by atoms with E-state index < -0.39 is 0 Å². The summed E-state index contributed by atoms with van der Waals surface area (Å²) < 4.78 is 15.1. The summed E-state index contributed by atoms with van der Waals surface area (Å²) in [5.74, 6) is 0.269. The number of likely N-dealkylation sites (N-methyl/N-ethyl adjacent to an activating group) is 1. The molecule has 0 atom stereocenters. The molecule has 4 aromatic heterocycles. The summed E-state index contributed by atoms with van der Waals surface area (Å²) in [4.78, 5) is 21.7. The van der Waals surface area contributed by atoms with Crippen molar-refractivity contribution in [1.29, 1.82) is 0 Å². The van der Waals surface area contributed by atoms with E-state index in [2.05, 4.69) is 47.3 Å². The van der Waals surface area contributed by atoms with Gasteiger partial charge in [0.1, 0.15) is 17.0 Å². The lowest BCUT2D eigenvalue weighted by Gasteiger charge is -2.34. The molecule has 0 spiro atoms. The van der Waals surface area contributed by atoms with E-state index in [1.807, 2.05) is 25.1 Å². The number of piperazine rings is 1. The Kier molecular flexibility index (Phi) is 5.82. The number of hydrogen-bond acceptors (Lipinski definition) is 7. The van der Waals surface area contributed by atoms with Crippen LogP contribution in [0, 0.1) is 5.82 Å². The molecule has 1 aliphatic rings. The van der Waals surface area contributed by atoms with Crippen molar-refractivity contribution < 1.29 is 4.39 Å². The van der Waals surface area contributed by atoms with Crippen LogP contribution in [-0.2, 0) is 6.54 Å². The number of halogens is 1. The van der Waals surface area contributed by atoms with E-state index in [1.54, 1.807) is 18.6 Å². The SMILES string of the molecule is CCNCc1cncc(-c2cc3c(-c4nc5nccc(N6CCN(C)CC6)c5[nH]4)n[nH]c3cc2F)c1. The van der Waals surface area contributed by atoms with Crippen molar-refractivity contribution in [1.82, 2.24) is 40.3 Å². The number of nitrogens with one attached hydrogen (secondary N) is 3. The van der Waals surface area contributed by atoms with Crippen molar-refractivity contribution in [2.75, 3.05) is 44.7 Å². The van der Waals surface area contributed by atoms with Crippen LogP contribution >= 0.6 is 0 Å². The highest BCUT2D eigenvalue weighted by atomic mass is 19.1. The summed E-state index contributed by atoms with van der Waals surface area (Å²) >= 11 is 0. The van der Waals surface area contributed by atoms with Gasteiger partial charge in [0, 0.05) is 73.9 Å². The van der Waals surface area contributed by atoms with Crippen LogP contribution in [0.4, 0.5) is 10.1 Å². The van der Waals surface area contributed by atoms with E-state index in [9.17, 15) is 0 Å². The lowest BCUT2D eigenvalue weighted by Crippen LogP contribution is -2.44. The fourth-order valence-electron chi connectivity index (χ4n) is 4.76. The molecule has 1 aromatic carbocycles. The molecule has 6 rings (SSSR count). The smallest absolute Gasteiger partial charge is 0.180 e. The monoisotopic (exact) mass is 485 g/mol. The van der Waals surface area contributed by atoms with E-state index in [4.69, 9.17) is 4.98 Å². The van der Waals surface area contributed by atoms with Gasteiger partial charge in [0.15, 0.2) is 11.5 Å². The van der Waals surface area contributed by atoms with Gasteiger partial charge in [0.2, 0.25) is 0 Å². The molecule has 0 unspecified atom stereocenters. The molecular formula is C26H28FN9. The molecule has 184 valence electrons. The van der Waals surface area contributed by atoms with Gasteiger partial charge in [-0.1, -0.05) is 6.92 Å². The molecule has 36 heavy (non-hydrogen) atoms. The van der Waals surface area contributed by atoms with Crippen molar-refractivity contribution in [2.24, 2.45) is 0 Å². The summed E-state index contributed by atoms with van der Waals surface area (Å²) in [6.45, 7) is 7.48. The molecule has 5 aromatic rings. The van der Waals surface area contributed by atoms with Gasteiger partial charge in [0.25, 0.3) is 0 Å². The highest BCUT2D eigenvalue weighted by Gasteiger charge is 2.21. The van der Waals surface area contributed by atoms with Crippen LogP contribution in [0.25, 0.3) is 44.7 Å². The molecule has 0 bridgehead atoms. The zero-order chi connectivity index (χ0) is 24.6. The molecule has 1 saturated heterocycles. The first kappa shape index (κ1) is 22.6. The fourth-order valence-corrected chi connectivity index (χ4v) is 4.76. The molecule has 1 aliphatic heterocycles. The van der Waals surface area contributed by atoms with Crippen LogP contribution in [-0.4, -0.2) is 74.8 Å². The maximum absolute atomic E-state index is 15.1. The Labute approximate surface area is 207 Å². The van der Waals surface area contributed by atoms with Gasteiger partial charge in [-0.2, -0.15) is 5.10 Å². The minimum atomic E-state index is -0.330. The lowest BCUT2D eigenvalue weighted by atomic mass is 10.0. The zero-order valence-electron chi connectivity index (χ0n) is 20.3. The maximum Gasteiger partial charge on any atom is 0.180 e. The average Bonchev–Trinajstić information content (AvgIpc) is 3.51. The van der Waals surface area contributed by atoms with Crippen LogP contribution in [0.1, 0.15) is 12.5 Å². The predicted octanol–water partition coefficient (Wildman–Crippen LogP) is 3.56. The van der Waals surface area contributed by atoms with Crippen LogP contribution < -0.4 is 10.2 Å². The van der Waals surface area contributed by atoms with E-state index in [0.29, 0.717) is 34.8 Å². The zero-order valence-corrected chi connectivity index (χ0v) is 20.3. The summed E-state index contributed by atoms with van der Waals surface area (Å²) in [6, 6.07) is 7.29. The standard InChI is InChI=1S/C26H28FN9/c1-3-28-13-16-10-17(15-29-14-16)18-11-19-21(12-20(18)27)33-34-23(19)26-31-24-22(4-5-30-25(24)32-26)36-8-6-35(2)7-9-36/h4-5,10-12,14-15,28H,3,6-9,13H2,1-2H3,(H,33,34)(H,30,31,32). The van der Waals surface area contributed by atoms with Gasteiger partial charge >= 0.3 is 0 Å². The molecule has 5 heterocycles. The van der Waals surface area contributed by atoms with E-state index in [-0.39, 0.29) is 5.82 Å². The molecule has 0 saturated carbocycles. The Bertz CT molecular complexity index is 1530. The molecular weight excluding hydrogens is 457 g/mol. The lowest BCUT2D eigenvalue weighted by molar-refractivity contribution is 0.313. The first-order chi connectivity index (χ1) is 17.6. The first-order valence-corrected chi connectivity index (χ1v) is 12.2. The minimum absolute atomic E-state index is 0.330. The third kappa shape index (κ3) is 4.08. The van der Waals surface area contributed by atoms with Crippen molar-refractivity contribution in [3.63, 3.8) is 0 Å². The van der Waals surface area contributed by atoms with Crippen LogP contribution in [0.5, 0.6) is 0 Å². The van der Waals surface area contributed by atoms with Gasteiger partial charge in [-0.05, 0) is 37.4 Å². The number of imidazole rings is 1. The first-order valence-electron chi connectivity index (χ1n) is 12.2. The molecule has 9 nitrogen and oxygen atoms in total. The number of hydrogen-bond donors (Lipinski definition) is 3. The second kappa shape index (κ2) is 9.29. The molecule has 0 radical (unpaired) electrons. The Morgan fingerprint density at radius 3 is 2.81 bits per heavy atom. The highest BCUT2D eigenvalue weighted by molar-refractivity contribution is 5.97. The molecule has 1 fully saturated rings. The van der Waals surface area contributed by atoms with Gasteiger partial charge in [-0.25, -0.2) is 14.4 Å². The van der Waals surface area contributed by atoms with Crippen molar-refractivity contribution in [2.45, 2.75) is 13.5 Å². The van der Waals surface area contributed by atoms with Gasteiger partial charge in [-0.3, -0.25) is 10.1 Å². The van der Waals surface area contributed by atoms with Gasteiger partial charge < -0.3 is 20.1 Å². The molecule has 3 N–H and O–H groups in total. The van der Waals surface area contributed by atoms with Crippen LogP contribution in [0.2, 0.25) is 0 Å². The van der Waals surface area contributed by atoms with Crippen LogP contribution in [0.3, 0.4) is 0 Å². The largest absolute Gasteiger partial charge is 0.367 e. The number of pyridine rings is 2. The number of benzene rings is 1. The number of anilines is 1. The number of nitrogens with zero attached hydrogens (tertiary/aromatic N) is 6. The molecule has 0 aliphatic carbocycles. The molecule has 10 heteroatoms. The normalized spacial score (nSPS) is 14.8. The fraction of sp³-hybridized carbons (Fsp3) is 0.308. The van der Waals surface area contributed by atoms with E-state index in [0.717, 1.165) is 60.4 Å².